The van der Waals surface area contributed by atoms with Crippen molar-refractivity contribution in [2.45, 2.75) is 40.8 Å². The van der Waals surface area contributed by atoms with Crippen molar-refractivity contribution < 1.29 is 4.79 Å². The number of nitrogens with two attached hydrogens (primary N) is 1. The molecule has 0 spiro atoms. The third-order valence-electron chi connectivity index (χ3n) is 4.20. The lowest BCUT2D eigenvalue weighted by molar-refractivity contribution is -0.125. The van der Waals surface area contributed by atoms with Crippen LogP contribution in [0.25, 0.3) is 10.2 Å². The first kappa shape index (κ1) is 14.8. The molecule has 2 unspecified atom stereocenters. The standard InChI is InChI=1S/C15H19N3OS2/c1-17-15(13(16)19)8-4-5-10(9-15)20-14-18-11-6-2-3-7-12(11)21-14/h2-3,6-7,10,17H,4-5,8-9H2,1H3,(H2,16,19). The van der Waals surface area contributed by atoms with Crippen molar-refractivity contribution >= 4 is 39.2 Å². The summed E-state index contributed by atoms with van der Waals surface area (Å²) in [6.07, 6.45) is 3.73. The van der Waals surface area contributed by atoms with Crippen LogP contribution >= 0.6 is 23.1 Å². The van der Waals surface area contributed by atoms with E-state index in [0.717, 1.165) is 35.5 Å². The minimum atomic E-state index is -0.549. The Morgan fingerprint density at radius 2 is 2.33 bits per heavy atom. The van der Waals surface area contributed by atoms with Crippen molar-refractivity contribution in [3.8, 4) is 0 Å². The number of hydrogen-bond donors (Lipinski definition) is 2. The van der Waals surface area contributed by atoms with Crippen LogP contribution in [0.1, 0.15) is 25.7 Å². The topological polar surface area (TPSA) is 68.0 Å². The number of thioether (sulfide) groups is 1. The van der Waals surface area contributed by atoms with E-state index in [9.17, 15) is 4.79 Å². The summed E-state index contributed by atoms with van der Waals surface area (Å²) in [5, 5.41) is 3.54. The van der Waals surface area contributed by atoms with E-state index in [1.54, 1.807) is 23.1 Å². The zero-order valence-electron chi connectivity index (χ0n) is 12.0. The van der Waals surface area contributed by atoms with Gasteiger partial charge >= 0.3 is 0 Å². The summed E-state index contributed by atoms with van der Waals surface area (Å²) in [5.74, 6) is -0.236. The third-order valence-corrected chi connectivity index (χ3v) is 6.60. The molecular weight excluding hydrogens is 302 g/mol. The summed E-state index contributed by atoms with van der Waals surface area (Å²) in [4.78, 5) is 16.5. The highest BCUT2D eigenvalue weighted by molar-refractivity contribution is 8.01. The summed E-state index contributed by atoms with van der Waals surface area (Å²) in [7, 11) is 1.83. The average molecular weight is 321 g/mol. The first-order valence-corrected chi connectivity index (χ1v) is 8.84. The zero-order chi connectivity index (χ0) is 14.9. The molecule has 21 heavy (non-hydrogen) atoms. The van der Waals surface area contributed by atoms with Crippen molar-refractivity contribution in [3.05, 3.63) is 24.3 Å². The summed E-state index contributed by atoms with van der Waals surface area (Å²) < 4.78 is 2.29. The number of rotatable bonds is 4. The summed E-state index contributed by atoms with van der Waals surface area (Å²) in [6.45, 7) is 0. The van der Waals surface area contributed by atoms with Gasteiger partial charge < -0.3 is 11.1 Å². The molecule has 3 rings (SSSR count). The fourth-order valence-electron chi connectivity index (χ4n) is 2.94. The molecule has 1 aliphatic carbocycles. The maximum atomic E-state index is 11.8. The Bertz CT molecular complexity index is 624. The molecule has 3 N–H and O–H groups in total. The molecule has 1 aromatic heterocycles. The normalized spacial score (nSPS) is 26.0. The van der Waals surface area contributed by atoms with Gasteiger partial charge in [0.1, 0.15) is 0 Å². The van der Waals surface area contributed by atoms with Crippen LogP contribution in [-0.2, 0) is 4.79 Å². The molecular formula is C15H19N3OS2. The second kappa shape index (κ2) is 5.94. The number of amides is 1. The predicted molar refractivity (Wildman–Crippen MR) is 88.7 cm³/mol. The molecule has 0 radical (unpaired) electrons. The molecule has 1 heterocycles. The second-order valence-electron chi connectivity index (χ2n) is 5.48. The minimum absolute atomic E-state index is 0.236. The number of likely N-dealkylation sites (N-methyl/N-ethyl adjacent to an activating group) is 1. The number of para-hydroxylation sites is 1. The fraction of sp³-hybridized carbons (Fsp3) is 0.467. The van der Waals surface area contributed by atoms with E-state index in [-0.39, 0.29) is 5.91 Å². The van der Waals surface area contributed by atoms with Gasteiger partial charge in [0.2, 0.25) is 5.91 Å². The van der Waals surface area contributed by atoms with Gasteiger partial charge in [0.05, 0.1) is 15.8 Å². The number of aromatic nitrogens is 1. The Hall–Kier alpha value is -1.11. The van der Waals surface area contributed by atoms with Crippen LogP contribution in [0.15, 0.2) is 28.6 Å². The Balaban J connectivity index is 1.76. The van der Waals surface area contributed by atoms with Gasteiger partial charge in [-0.3, -0.25) is 4.79 Å². The molecule has 112 valence electrons. The molecule has 0 aliphatic heterocycles. The van der Waals surface area contributed by atoms with E-state index in [2.05, 4.69) is 16.4 Å². The van der Waals surface area contributed by atoms with E-state index in [1.165, 1.54) is 4.70 Å². The highest BCUT2D eigenvalue weighted by Gasteiger charge is 2.40. The number of benzene rings is 1. The van der Waals surface area contributed by atoms with Crippen molar-refractivity contribution in [1.29, 1.82) is 0 Å². The summed E-state index contributed by atoms with van der Waals surface area (Å²) >= 11 is 3.51. The first-order chi connectivity index (χ1) is 10.1. The monoisotopic (exact) mass is 321 g/mol. The molecule has 1 aromatic carbocycles. The van der Waals surface area contributed by atoms with Crippen molar-refractivity contribution in [2.75, 3.05) is 7.05 Å². The first-order valence-electron chi connectivity index (χ1n) is 7.14. The maximum Gasteiger partial charge on any atom is 0.237 e. The molecule has 1 amide bonds. The van der Waals surface area contributed by atoms with Gasteiger partial charge in [-0.15, -0.1) is 11.3 Å². The number of thiazole rings is 1. The lowest BCUT2D eigenvalue weighted by Crippen LogP contribution is -2.57. The molecule has 6 heteroatoms. The molecule has 1 fully saturated rings. The second-order valence-corrected chi connectivity index (χ2v) is 8.06. The van der Waals surface area contributed by atoms with Crippen LogP contribution in [0, 0.1) is 0 Å². The summed E-state index contributed by atoms with van der Waals surface area (Å²) in [6, 6.07) is 8.18. The smallest absolute Gasteiger partial charge is 0.237 e. The van der Waals surface area contributed by atoms with Crippen molar-refractivity contribution in [1.82, 2.24) is 10.3 Å². The Kier molecular flexibility index (Phi) is 4.19. The molecule has 2 atom stereocenters. The Morgan fingerprint density at radius 3 is 3.05 bits per heavy atom. The van der Waals surface area contributed by atoms with E-state index >= 15 is 0 Å². The lowest BCUT2D eigenvalue weighted by atomic mass is 9.81. The van der Waals surface area contributed by atoms with Gasteiger partial charge in [-0.25, -0.2) is 4.98 Å². The predicted octanol–water partition coefficient (Wildman–Crippen LogP) is 2.77. The quantitative estimate of drug-likeness (QED) is 0.908. The van der Waals surface area contributed by atoms with Crippen LogP contribution < -0.4 is 11.1 Å². The number of carbonyl (C=O) groups is 1. The molecule has 2 aromatic rings. The highest BCUT2D eigenvalue weighted by atomic mass is 32.2. The molecule has 1 saturated carbocycles. The fourth-order valence-corrected chi connectivity index (χ4v) is 5.60. The highest BCUT2D eigenvalue weighted by Crippen LogP contribution is 2.40. The number of nitrogens with one attached hydrogen (secondary N) is 1. The third kappa shape index (κ3) is 2.93. The van der Waals surface area contributed by atoms with Gasteiger partial charge in [-0.05, 0) is 44.9 Å². The SMILES string of the molecule is CNC1(C(N)=O)CCCC(Sc2nc3ccccc3s2)C1. The van der Waals surface area contributed by atoms with E-state index in [4.69, 9.17) is 5.73 Å². The van der Waals surface area contributed by atoms with E-state index in [1.807, 2.05) is 25.2 Å². The average Bonchev–Trinajstić information content (AvgIpc) is 2.89. The lowest BCUT2D eigenvalue weighted by Gasteiger charge is -2.37. The molecule has 1 aliphatic rings. The number of fused-ring (bicyclic) bond motifs is 1. The maximum absolute atomic E-state index is 11.8. The van der Waals surface area contributed by atoms with Crippen molar-refractivity contribution in [2.24, 2.45) is 5.73 Å². The summed E-state index contributed by atoms with van der Waals surface area (Å²) in [5.41, 5.74) is 6.11. The molecule has 0 saturated heterocycles. The number of primary amides is 1. The largest absolute Gasteiger partial charge is 0.368 e. The van der Waals surface area contributed by atoms with Gasteiger partial charge in [-0.2, -0.15) is 0 Å². The van der Waals surface area contributed by atoms with Crippen LogP contribution in [0.3, 0.4) is 0 Å². The van der Waals surface area contributed by atoms with Gasteiger partial charge in [0, 0.05) is 5.25 Å². The van der Waals surface area contributed by atoms with Crippen LogP contribution in [0.4, 0.5) is 0 Å². The molecule has 0 bridgehead atoms. The van der Waals surface area contributed by atoms with Crippen LogP contribution in [0.2, 0.25) is 0 Å². The minimum Gasteiger partial charge on any atom is -0.368 e. The Labute approximate surface area is 132 Å². The van der Waals surface area contributed by atoms with Crippen LogP contribution in [-0.4, -0.2) is 28.7 Å². The van der Waals surface area contributed by atoms with E-state index in [0.29, 0.717) is 5.25 Å². The number of carbonyl (C=O) groups excluding carboxylic acids is 1. The van der Waals surface area contributed by atoms with Crippen LogP contribution in [0.5, 0.6) is 0 Å². The van der Waals surface area contributed by atoms with E-state index < -0.39 is 5.54 Å². The van der Waals surface area contributed by atoms with Gasteiger partial charge in [0.25, 0.3) is 0 Å². The number of nitrogens with zero attached hydrogens (tertiary/aromatic N) is 1. The van der Waals surface area contributed by atoms with Gasteiger partial charge in [-0.1, -0.05) is 23.9 Å². The molecule has 4 nitrogen and oxygen atoms in total. The Morgan fingerprint density at radius 1 is 1.52 bits per heavy atom. The zero-order valence-corrected chi connectivity index (χ0v) is 13.6. The van der Waals surface area contributed by atoms with Gasteiger partial charge in [0.15, 0.2) is 4.34 Å². The number of hydrogen-bond acceptors (Lipinski definition) is 5. The van der Waals surface area contributed by atoms with Crippen molar-refractivity contribution in [3.63, 3.8) is 0 Å².